The van der Waals surface area contributed by atoms with E-state index in [1.165, 1.54) is 66.8 Å². The fraction of sp³-hybridized carbons (Fsp3) is 0.364. The van der Waals surface area contributed by atoms with Crippen LogP contribution in [0.3, 0.4) is 0 Å². The van der Waals surface area contributed by atoms with Gasteiger partial charge in [0, 0.05) is 0 Å². The molecule has 0 heterocycles. The van der Waals surface area contributed by atoms with Gasteiger partial charge < -0.3 is 0 Å². The molecule has 0 nitrogen and oxygen atoms in total. The molecule has 0 amide bonds. The van der Waals surface area contributed by atoms with E-state index >= 15 is 0 Å². The molecule has 4 heteroatoms. The summed E-state index contributed by atoms with van der Waals surface area (Å²) in [5.74, 6) is -0.211. The molecular weight excluding hydrogens is 719 g/mol. The molecule has 2 aliphatic rings. The second-order valence-electron chi connectivity index (χ2n) is 16.0. The van der Waals surface area contributed by atoms with Gasteiger partial charge in [-0.3, -0.25) is 0 Å². The van der Waals surface area contributed by atoms with Crippen LogP contribution in [-0.2, 0) is 15.6 Å². The molecule has 0 bridgehead atoms. The van der Waals surface area contributed by atoms with Crippen LogP contribution in [0.1, 0.15) is 108 Å². The van der Waals surface area contributed by atoms with E-state index in [-0.39, 0.29) is 7.25 Å². The molecule has 6 rings (SSSR count). The second kappa shape index (κ2) is 13.3. The van der Waals surface area contributed by atoms with Gasteiger partial charge in [-0.05, 0) is 0 Å². The maximum absolute atomic E-state index is 8.83. The summed E-state index contributed by atoms with van der Waals surface area (Å²) in [7, 11) is 17.7. The van der Waals surface area contributed by atoms with E-state index in [0.29, 0.717) is 23.7 Å². The van der Waals surface area contributed by atoms with Gasteiger partial charge in [0.05, 0.1) is 0 Å². The summed E-state index contributed by atoms with van der Waals surface area (Å²) >= 11 is -4.94. The Bertz CT molecular complexity index is 1760. The van der Waals surface area contributed by atoms with E-state index in [0.717, 1.165) is 0 Å². The van der Waals surface area contributed by atoms with Crippen LogP contribution in [0.15, 0.2) is 96.1 Å². The fourth-order valence-corrected chi connectivity index (χ4v) is 40.3. The molecule has 0 aliphatic heterocycles. The standard InChI is InChI=1S/2C21H23.C2H7Si.2ClH.Zr/c2*1-14(2)18-12-17-10-11-19(15(3)4)21(20(17)13-18)16-8-6-5-7-9-16;1-3-2;;;/h2*5-15H,1-4H3;3H,1-2H3;2*1H;/q;;;;;+2/p-2. The van der Waals surface area contributed by atoms with Crippen molar-refractivity contribution in [3.63, 3.8) is 0 Å². The summed E-state index contributed by atoms with van der Waals surface area (Å²) < 4.78 is 0.145. The Labute approximate surface area is 299 Å². The number of halogens is 2. The van der Waals surface area contributed by atoms with Gasteiger partial charge >= 0.3 is 302 Å². The molecular formula is C44H53Cl2SiZr. The number of fused-ring (bicyclic) bond motifs is 2. The number of rotatable bonds is 9. The summed E-state index contributed by atoms with van der Waals surface area (Å²) in [6.07, 6.45) is 5.05. The Hall–Kier alpha value is -1.96. The van der Waals surface area contributed by atoms with E-state index in [1.807, 2.05) is 0 Å². The summed E-state index contributed by atoms with van der Waals surface area (Å²) in [6, 6.07) is 31.6. The normalized spacial score (nSPS) is 18.4. The van der Waals surface area contributed by atoms with Crippen molar-refractivity contribution >= 4 is 35.1 Å². The third kappa shape index (κ3) is 5.66. The average molecular weight is 772 g/mol. The Kier molecular flexibility index (Phi) is 9.93. The molecule has 0 spiro atoms. The van der Waals surface area contributed by atoms with Gasteiger partial charge in [-0.2, -0.15) is 0 Å². The maximum atomic E-state index is 8.83. The van der Waals surface area contributed by atoms with Gasteiger partial charge in [0.2, 0.25) is 0 Å². The predicted molar refractivity (Wildman–Crippen MR) is 214 cm³/mol. The first-order chi connectivity index (χ1) is 22.7. The van der Waals surface area contributed by atoms with Crippen LogP contribution in [0.4, 0.5) is 0 Å². The minimum absolute atomic E-state index is 0.0724. The zero-order valence-corrected chi connectivity index (χ0v) is 35.7. The number of hydrogen-bond acceptors (Lipinski definition) is 0. The van der Waals surface area contributed by atoms with Crippen LogP contribution in [0.25, 0.3) is 34.4 Å². The molecule has 0 saturated heterocycles. The molecule has 0 N–H and O–H groups in total. The van der Waals surface area contributed by atoms with E-state index < -0.39 is 21.5 Å². The van der Waals surface area contributed by atoms with Gasteiger partial charge in [-0.15, -0.1) is 0 Å². The molecule has 2 atom stereocenters. The molecule has 48 heavy (non-hydrogen) atoms. The van der Waals surface area contributed by atoms with Crippen molar-refractivity contribution in [2.24, 2.45) is 11.8 Å². The second-order valence-corrected chi connectivity index (χ2v) is 58.5. The quantitative estimate of drug-likeness (QED) is 0.149. The Morgan fingerprint density at radius 2 is 0.854 bits per heavy atom. The summed E-state index contributed by atoms with van der Waals surface area (Å²) in [4.78, 5) is 0. The van der Waals surface area contributed by atoms with Crippen LogP contribution in [-0.4, -0.2) is 5.92 Å². The molecule has 4 aromatic carbocycles. The zero-order valence-electron chi connectivity index (χ0n) is 30.5. The van der Waals surface area contributed by atoms with Crippen molar-refractivity contribution in [1.29, 1.82) is 0 Å². The molecule has 251 valence electrons. The van der Waals surface area contributed by atoms with Crippen LogP contribution in [0, 0.1) is 11.8 Å². The first kappa shape index (κ1) is 35.9. The Balaban J connectivity index is 1.68. The molecule has 0 fully saturated rings. The number of hydrogen-bond donors (Lipinski definition) is 0. The van der Waals surface area contributed by atoms with Crippen molar-refractivity contribution in [2.75, 3.05) is 0 Å². The zero-order chi connectivity index (χ0) is 34.7. The van der Waals surface area contributed by atoms with Crippen molar-refractivity contribution < 1.29 is 15.6 Å². The van der Waals surface area contributed by atoms with Crippen LogP contribution in [0.5, 0.6) is 0 Å². The minimum atomic E-state index is -4.94. The SMILES string of the molecule is CC(C)C1=Cc2c(ccc(C(C)C)c2-c2ccccc2)[CH]1[Zr]([Cl])([Cl])([CH]1C(C(C)C)=Cc2c1ccc(C(C)C)c2-c1ccccc1)[SiH](C)C. The molecule has 2 unspecified atom stereocenters. The van der Waals surface area contributed by atoms with Gasteiger partial charge in [0.15, 0.2) is 0 Å². The number of allylic oxidation sites excluding steroid dienone is 2. The van der Waals surface area contributed by atoms with Gasteiger partial charge in [0.1, 0.15) is 0 Å². The molecule has 0 radical (unpaired) electrons. The Morgan fingerprint density at radius 1 is 0.500 bits per heavy atom. The van der Waals surface area contributed by atoms with E-state index in [9.17, 15) is 0 Å². The number of benzene rings is 4. The van der Waals surface area contributed by atoms with Crippen LogP contribution in [0.2, 0.25) is 13.1 Å². The van der Waals surface area contributed by atoms with Crippen molar-refractivity contribution in [3.05, 3.63) is 129 Å². The first-order valence-electron chi connectivity index (χ1n) is 18.1. The monoisotopic (exact) mass is 769 g/mol. The van der Waals surface area contributed by atoms with Crippen molar-refractivity contribution in [3.8, 4) is 22.3 Å². The van der Waals surface area contributed by atoms with Gasteiger partial charge in [0.25, 0.3) is 0 Å². The van der Waals surface area contributed by atoms with E-state index in [1.54, 1.807) is 0 Å². The van der Waals surface area contributed by atoms with Gasteiger partial charge in [-0.25, -0.2) is 0 Å². The molecule has 0 aromatic heterocycles. The summed E-state index contributed by atoms with van der Waals surface area (Å²) in [5.41, 5.74) is 16.4. The van der Waals surface area contributed by atoms with E-state index in [4.69, 9.17) is 17.0 Å². The summed E-state index contributed by atoms with van der Waals surface area (Å²) in [6.45, 7) is 23.6. The fourth-order valence-electron chi connectivity index (χ4n) is 8.86. The van der Waals surface area contributed by atoms with Crippen molar-refractivity contribution in [1.82, 2.24) is 0 Å². The first-order valence-corrected chi connectivity index (χ1v) is 34.4. The average Bonchev–Trinajstić information content (AvgIpc) is 3.66. The van der Waals surface area contributed by atoms with Crippen LogP contribution >= 0.6 is 17.0 Å². The third-order valence-corrected chi connectivity index (χ3v) is 63.1. The molecule has 2 aliphatic carbocycles. The topological polar surface area (TPSA) is 0 Å². The van der Waals surface area contributed by atoms with E-state index in [2.05, 4.69) is 166 Å². The summed E-state index contributed by atoms with van der Waals surface area (Å²) in [5, 5.41) is 0. The third-order valence-electron chi connectivity index (χ3n) is 11.4. The predicted octanol–water partition coefficient (Wildman–Crippen LogP) is 14.1. The Morgan fingerprint density at radius 3 is 1.15 bits per heavy atom. The van der Waals surface area contributed by atoms with Crippen molar-refractivity contribution in [2.45, 2.75) is 87.6 Å². The van der Waals surface area contributed by atoms with Crippen LogP contribution < -0.4 is 0 Å². The molecule has 4 aromatic rings. The van der Waals surface area contributed by atoms with Gasteiger partial charge in [-0.1, -0.05) is 0 Å². The molecule has 0 saturated carbocycles.